The van der Waals surface area contributed by atoms with Crippen LogP contribution in [0.2, 0.25) is 0 Å². The fourth-order valence-electron chi connectivity index (χ4n) is 1.51. The van der Waals surface area contributed by atoms with E-state index in [1.54, 1.807) is 29.7 Å². The summed E-state index contributed by atoms with van der Waals surface area (Å²) in [5, 5.41) is 5.86. The Kier molecular flexibility index (Phi) is 3.07. The van der Waals surface area contributed by atoms with Crippen LogP contribution in [0.1, 0.15) is 10.8 Å². The van der Waals surface area contributed by atoms with Crippen molar-refractivity contribution in [2.75, 3.05) is 0 Å². The first-order valence-corrected chi connectivity index (χ1v) is 6.44. The van der Waals surface area contributed by atoms with Gasteiger partial charge < -0.3 is 9.51 Å². The van der Waals surface area contributed by atoms with Crippen molar-refractivity contribution in [3.05, 3.63) is 57.0 Å². The average molecular weight is 271 g/mol. The molecule has 0 fully saturated rings. The molecule has 19 heavy (non-hydrogen) atoms. The molecule has 3 aromatic rings. The highest BCUT2D eigenvalue weighted by Gasteiger charge is 2.06. The first-order chi connectivity index (χ1) is 9.31. The van der Waals surface area contributed by atoms with Crippen LogP contribution in [-0.2, 0) is 0 Å². The SMILES string of the molecule is O=c1ccc(-c2noc(/C=C/c3cccs3)n2)c[nH]1. The number of nitrogens with zero attached hydrogens (tertiary/aromatic N) is 2. The molecule has 94 valence electrons. The molecule has 3 aromatic heterocycles. The van der Waals surface area contributed by atoms with Gasteiger partial charge in [-0.15, -0.1) is 11.3 Å². The topological polar surface area (TPSA) is 71.8 Å². The Hall–Kier alpha value is -2.47. The predicted octanol–water partition coefficient (Wildman–Crippen LogP) is 2.66. The maximum absolute atomic E-state index is 11.0. The zero-order valence-corrected chi connectivity index (χ0v) is 10.6. The minimum absolute atomic E-state index is 0.162. The van der Waals surface area contributed by atoms with Gasteiger partial charge in [0.15, 0.2) is 0 Å². The third-order valence-corrected chi connectivity index (χ3v) is 3.26. The smallest absolute Gasteiger partial charge is 0.250 e. The van der Waals surface area contributed by atoms with Crippen molar-refractivity contribution in [1.82, 2.24) is 15.1 Å². The molecular weight excluding hydrogens is 262 g/mol. The summed E-state index contributed by atoms with van der Waals surface area (Å²) < 4.78 is 5.11. The second-order valence-electron chi connectivity index (χ2n) is 3.75. The highest BCUT2D eigenvalue weighted by molar-refractivity contribution is 7.10. The van der Waals surface area contributed by atoms with E-state index in [0.29, 0.717) is 17.3 Å². The number of hydrogen-bond acceptors (Lipinski definition) is 5. The van der Waals surface area contributed by atoms with Gasteiger partial charge in [-0.3, -0.25) is 4.79 Å². The Morgan fingerprint density at radius 2 is 2.21 bits per heavy atom. The van der Waals surface area contributed by atoms with Crippen LogP contribution in [0.15, 0.2) is 45.2 Å². The minimum Gasteiger partial charge on any atom is -0.334 e. The molecule has 0 aliphatic carbocycles. The van der Waals surface area contributed by atoms with Crippen LogP contribution in [0.4, 0.5) is 0 Å². The third kappa shape index (κ3) is 2.69. The fourth-order valence-corrected chi connectivity index (χ4v) is 2.13. The summed E-state index contributed by atoms with van der Waals surface area (Å²) in [4.78, 5) is 18.9. The number of rotatable bonds is 3. The first-order valence-electron chi connectivity index (χ1n) is 5.56. The molecular formula is C13H9N3O2S. The van der Waals surface area contributed by atoms with Crippen LogP contribution in [0.25, 0.3) is 23.5 Å². The number of pyridine rings is 1. The Balaban J connectivity index is 1.83. The summed E-state index contributed by atoms with van der Waals surface area (Å²) >= 11 is 1.63. The van der Waals surface area contributed by atoms with Crippen LogP contribution < -0.4 is 5.56 Å². The van der Waals surface area contributed by atoms with Gasteiger partial charge >= 0.3 is 0 Å². The van der Waals surface area contributed by atoms with E-state index < -0.39 is 0 Å². The lowest BCUT2D eigenvalue weighted by Crippen LogP contribution is -2.01. The zero-order chi connectivity index (χ0) is 13.1. The summed E-state index contributed by atoms with van der Waals surface area (Å²) in [5.74, 6) is 0.872. The highest BCUT2D eigenvalue weighted by atomic mass is 32.1. The van der Waals surface area contributed by atoms with E-state index in [4.69, 9.17) is 4.52 Å². The molecule has 3 heterocycles. The molecule has 0 aliphatic heterocycles. The largest absolute Gasteiger partial charge is 0.334 e. The van der Waals surface area contributed by atoms with Crippen LogP contribution in [0.3, 0.4) is 0 Å². The fraction of sp³-hybridized carbons (Fsp3) is 0. The van der Waals surface area contributed by atoms with Crippen molar-refractivity contribution < 1.29 is 4.52 Å². The summed E-state index contributed by atoms with van der Waals surface area (Å²) in [6.45, 7) is 0. The standard InChI is InChI=1S/C13H9N3O2S/c17-11-5-3-9(8-14-11)13-15-12(18-16-13)6-4-10-2-1-7-19-10/h1-8H,(H,14,17)/b6-4+. The monoisotopic (exact) mass is 271 g/mol. The molecule has 3 rings (SSSR count). The number of aromatic nitrogens is 3. The number of hydrogen-bond donors (Lipinski definition) is 1. The van der Waals surface area contributed by atoms with E-state index >= 15 is 0 Å². The van der Waals surface area contributed by atoms with Crippen molar-refractivity contribution in [2.24, 2.45) is 0 Å². The van der Waals surface area contributed by atoms with Gasteiger partial charge in [0.2, 0.25) is 11.4 Å². The average Bonchev–Trinajstić information content (AvgIpc) is 3.09. The molecule has 0 atom stereocenters. The lowest BCUT2D eigenvalue weighted by molar-refractivity contribution is 0.411. The number of H-pyrrole nitrogens is 1. The molecule has 0 aliphatic rings. The van der Waals surface area contributed by atoms with E-state index in [1.165, 1.54) is 6.07 Å². The van der Waals surface area contributed by atoms with Crippen LogP contribution in [-0.4, -0.2) is 15.1 Å². The number of thiophene rings is 1. The molecule has 1 N–H and O–H groups in total. The Morgan fingerprint density at radius 1 is 1.26 bits per heavy atom. The molecule has 0 saturated heterocycles. The van der Waals surface area contributed by atoms with E-state index in [0.717, 1.165) is 4.88 Å². The zero-order valence-electron chi connectivity index (χ0n) is 9.74. The first kappa shape index (κ1) is 11.6. The van der Waals surface area contributed by atoms with E-state index in [2.05, 4.69) is 15.1 Å². The third-order valence-electron chi connectivity index (χ3n) is 2.42. The summed E-state index contributed by atoms with van der Waals surface area (Å²) in [5.41, 5.74) is 0.546. The maximum Gasteiger partial charge on any atom is 0.250 e. The summed E-state index contributed by atoms with van der Waals surface area (Å²) in [6, 6.07) is 7.05. The normalized spacial score (nSPS) is 11.2. The summed E-state index contributed by atoms with van der Waals surface area (Å²) in [7, 11) is 0. The van der Waals surface area contributed by atoms with E-state index in [-0.39, 0.29) is 5.56 Å². The molecule has 0 spiro atoms. The molecule has 0 radical (unpaired) electrons. The predicted molar refractivity (Wildman–Crippen MR) is 73.6 cm³/mol. The molecule has 0 aromatic carbocycles. The van der Waals surface area contributed by atoms with Crippen molar-refractivity contribution in [2.45, 2.75) is 0 Å². The van der Waals surface area contributed by atoms with Crippen LogP contribution in [0, 0.1) is 0 Å². The van der Waals surface area contributed by atoms with Crippen molar-refractivity contribution in [3.8, 4) is 11.4 Å². The van der Waals surface area contributed by atoms with Crippen LogP contribution >= 0.6 is 11.3 Å². The maximum atomic E-state index is 11.0. The minimum atomic E-state index is -0.162. The van der Waals surface area contributed by atoms with E-state index in [1.807, 2.05) is 23.6 Å². The van der Waals surface area contributed by atoms with Gasteiger partial charge in [0.05, 0.1) is 0 Å². The molecule has 6 heteroatoms. The molecule has 0 unspecified atom stereocenters. The van der Waals surface area contributed by atoms with Crippen molar-refractivity contribution >= 4 is 23.5 Å². The Morgan fingerprint density at radius 3 is 2.95 bits per heavy atom. The molecule has 0 amide bonds. The summed E-state index contributed by atoms with van der Waals surface area (Å²) in [6.07, 6.45) is 5.22. The second-order valence-corrected chi connectivity index (χ2v) is 4.73. The Bertz CT molecular complexity index is 736. The van der Waals surface area contributed by atoms with Crippen molar-refractivity contribution in [1.29, 1.82) is 0 Å². The van der Waals surface area contributed by atoms with E-state index in [9.17, 15) is 4.79 Å². The van der Waals surface area contributed by atoms with Gasteiger partial charge in [0, 0.05) is 28.8 Å². The highest BCUT2D eigenvalue weighted by Crippen LogP contribution is 2.16. The van der Waals surface area contributed by atoms with Gasteiger partial charge in [-0.2, -0.15) is 4.98 Å². The van der Waals surface area contributed by atoms with Gasteiger partial charge in [0.1, 0.15) is 0 Å². The van der Waals surface area contributed by atoms with Gasteiger partial charge in [-0.1, -0.05) is 11.2 Å². The number of nitrogens with one attached hydrogen (secondary N) is 1. The lowest BCUT2D eigenvalue weighted by atomic mass is 10.3. The molecule has 5 nitrogen and oxygen atoms in total. The second kappa shape index (κ2) is 5.03. The van der Waals surface area contributed by atoms with Gasteiger partial charge in [-0.05, 0) is 23.6 Å². The molecule has 0 bridgehead atoms. The molecule has 0 saturated carbocycles. The van der Waals surface area contributed by atoms with Crippen LogP contribution in [0.5, 0.6) is 0 Å². The lowest BCUT2D eigenvalue weighted by Gasteiger charge is -1.90. The quantitative estimate of drug-likeness (QED) is 0.795. The van der Waals surface area contributed by atoms with Crippen molar-refractivity contribution in [3.63, 3.8) is 0 Å². The van der Waals surface area contributed by atoms with Gasteiger partial charge in [-0.25, -0.2) is 0 Å². The number of aromatic amines is 1. The Labute approximate surface area is 112 Å². The van der Waals surface area contributed by atoms with Gasteiger partial charge in [0.25, 0.3) is 5.89 Å².